The van der Waals surface area contributed by atoms with Crippen molar-refractivity contribution in [2.45, 2.75) is 20.3 Å². The highest BCUT2D eigenvalue weighted by Crippen LogP contribution is 2.28. The largest absolute Gasteiger partial charge is 0.321 e. The van der Waals surface area contributed by atoms with E-state index in [1.54, 1.807) is 11.6 Å². The molecule has 11 heteroatoms. The minimum absolute atomic E-state index is 0.00708. The molecular formula is C23H22N6O5. The van der Waals surface area contributed by atoms with E-state index < -0.39 is 22.4 Å². The summed E-state index contributed by atoms with van der Waals surface area (Å²) in [4.78, 5) is 48.7. The van der Waals surface area contributed by atoms with E-state index in [-0.39, 0.29) is 23.7 Å². The number of carbonyl (C=O) groups is 3. The van der Waals surface area contributed by atoms with E-state index in [1.807, 2.05) is 30.3 Å². The Bertz CT molecular complexity index is 1290. The molecule has 2 heterocycles. The quantitative estimate of drug-likeness (QED) is 0.458. The molecule has 3 amide bonds. The Labute approximate surface area is 194 Å². The summed E-state index contributed by atoms with van der Waals surface area (Å²) < 4.78 is 1.65. The molecule has 2 aromatic carbocycles. The molecule has 174 valence electrons. The third-order valence-electron chi connectivity index (χ3n) is 5.49. The van der Waals surface area contributed by atoms with Crippen molar-refractivity contribution in [1.29, 1.82) is 0 Å². The molecular weight excluding hydrogens is 440 g/mol. The predicted octanol–water partition coefficient (Wildman–Crippen LogP) is 2.95. The molecule has 11 nitrogen and oxygen atoms in total. The monoisotopic (exact) mass is 462 g/mol. The molecule has 34 heavy (non-hydrogen) atoms. The van der Waals surface area contributed by atoms with Gasteiger partial charge in [0.15, 0.2) is 0 Å². The molecule has 1 aliphatic heterocycles. The van der Waals surface area contributed by atoms with Gasteiger partial charge in [0, 0.05) is 31.6 Å². The van der Waals surface area contributed by atoms with Gasteiger partial charge in [0.2, 0.25) is 5.91 Å². The van der Waals surface area contributed by atoms with E-state index in [2.05, 4.69) is 10.4 Å². The van der Waals surface area contributed by atoms with Crippen LogP contribution in [0.4, 0.5) is 11.4 Å². The van der Waals surface area contributed by atoms with Gasteiger partial charge in [-0.3, -0.25) is 24.5 Å². The number of hydrogen-bond acceptors (Lipinski definition) is 6. The molecule has 4 rings (SSSR count). The number of hydrogen-bond donors (Lipinski definition) is 1. The lowest BCUT2D eigenvalue weighted by Crippen LogP contribution is -2.45. The summed E-state index contributed by atoms with van der Waals surface area (Å²) >= 11 is 0. The molecule has 0 bridgehead atoms. The normalized spacial score (nSPS) is 13.1. The lowest BCUT2D eigenvalue weighted by Gasteiger charge is -2.28. The van der Waals surface area contributed by atoms with Gasteiger partial charge in [-0.25, -0.2) is 14.7 Å². The summed E-state index contributed by atoms with van der Waals surface area (Å²) in [5.74, 6) is -1.39. The number of rotatable bonds is 5. The highest BCUT2D eigenvalue weighted by molar-refractivity contribution is 6.01. The number of aromatic nitrogens is 2. The number of nitro groups is 1. The molecule has 1 fully saturated rings. The minimum atomic E-state index is -0.670. The Morgan fingerprint density at radius 3 is 2.35 bits per heavy atom. The molecule has 0 unspecified atom stereocenters. The maximum atomic E-state index is 13.3. The molecule has 1 N–H and O–H groups in total. The number of hydrazine groups is 1. The van der Waals surface area contributed by atoms with Crippen LogP contribution in [-0.4, -0.2) is 55.5 Å². The number of nitrogens with one attached hydrogen (secondary N) is 1. The fraction of sp³-hybridized carbons (Fsp3) is 0.217. The summed E-state index contributed by atoms with van der Waals surface area (Å²) in [5, 5.41) is 20.8. The minimum Gasteiger partial charge on any atom is -0.321 e. The Kier molecular flexibility index (Phi) is 6.09. The van der Waals surface area contributed by atoms with Gasteiger partial charge < -0.3 is 5.32 Å². The van der Waals surface area contributed by atoms with Gasteiger partial charge in [0.25, 0.3) is 17.5 Å². The Hall–Kier alpha value is -4.54. The first-order chi connectivity index (χ1) is 16.3. The Morgan fingerprint density at radius 1 is 1.03 bits per heavy atom. The van der Waals surface area contributed by atoms with Gasteiger partial charge in [0.1, 0.15) is 5.69 Å². The van der Waals surface area contributed by atoms with Crippen LogP contribution in [0.25, 0.3) is 5.69 Å². The van der Waals surface area contributed by atoms with E-state index in [0.29, 0.717) is 24.2 Å². The predicted molar refractivity (Wildman–Crippen MR) is 122 cm³/mol. The van der Waals surface area contributed by atoms with Gasteiger partial charge in [-0.05, 0) is 37.6 Å². The van der Waals surface area contributed by atoms with Crippen LogP contribution in [0.15, 0.2) is 54.7 Å². The number of nitro benzene ring substituents is 1. The fourth-order valence-corrected chi connectivity index (χ4v) is 3.88. The van der Waals surface area contributed by atoms with Crippen molar-refractivity contribution in [2.75, 3.05) is 18.4 Å². The number of amides is 3. The molecule has 0 atom stereocenters. The van der Waals surface area contributed by atoms with Crippen molar-refractivity contribution in [1.82, 2.24) is 19.8 Å². The second-order valence-electron chi connectivity index (χ2n) is 7.77. The number of para-hydroxylation sites is 1. The van der Waals surface area contributed by atoms with Gasteiger partial charge >= 0.3 is 0 Å². The molecule has 1 saturated heterocycles. The number of carbonyl (C=O) groups excluding carboxylic acids is 3. The number of benzene rings is 2. The van der Waals surface area contributed by atoms with Crippen molar-refractivity contribution in [2.24, 2.45) is 0 Å². The maximum absolute atomic E-state index is 13.3. The van der Waals surface area contributed by atoms with E-state index >= 15 is 0 Å². The second-order valence-corrected chi connectivity index (χ2v) is 7.77. The summed E-state index contributed by atoms with van der Waals surface area (Å²) in [6, 6.07) is 13.2. The van der Waals surface area contributed by atoms with E-state index in [9.17, 15) is 24.5 Å². The summed E-state index contributed by atoms with van der Waals surface area (Å²) in [6.07, 6.45) is 2.04. The molecule has 1 aromatic heterocycles. The van der Waals surface area contributed by atoms with Crippen LogP contribution in [0.2, 0.25) is 0 Å². The van der Waals surface area contributed by atoms with Gasteiger partial charge in [-0.2, -0.15) is 5.10 Å². The topological polar surface area (TPSA) is 131 Å². The molecule has 1 aliphatic rings. The molecule has 0 aliphatic carbocycles. The Morgan fingerprint density at radius 2 is 1.71 bits per heavy atom. The van der Waals surface area contributed by atoms with E-state index in [1.165, 1.54) is 35.3 Å². The Balaban J connectivity index is 1.61. The third-order valence-corrected chi connectivity index (χ3v) is 5.49. The van der Waals surface area contributed by atoms with Gasteiger partial charge in [0.05, 0.1) is 28.1 Å². The van der Waals surface area contributed by atoms with Crippen molar-refractivity contribution in [3.63, 3.8) is 0 Å². The SMILES string of the molecule is CC(=O)Nc1ccc(C(=O)N2CCCN2C(=O)c2cnn(-c3ccccc3)c2C)cc1[N+](=O)[O-]. The lowest BCUT2D eigenvalue weighted by molar-refractivity contribution is -0.384. The van der Waals surface area contributed by atoms with Crippen LogP contribution in [-0.2, 0) is 4.79 Å². The van der Waals surface area contributed by atoms with Gasteiger partial charge in [-0.1, -0.05) is 18.2 Å². The highest BCUT2D eigenvalue weighted by Gasteiger charge is 2.34. The summed E-state index contributed by atoms with van der Waals surface area (Å²) in [5.41, 5.74) is 1.42. The zero-order chi connectivity index (χ0) is 24.4. The third kappa shape index (κ3) is 4.22. The van der Waals surface area contributed by atoms with Crippen LogP contribution in [0, 0.1) is 17.0 Å². The maximum Gasteiger partial charge on any atom is 0.293 e. The summed E-state index contributed by atoms with van der Waals surface area (Å²) in [7, 11) is 0. The van der Waals surface area contributed by atoms with Crippen molar-refractivity contribution in [3.05, 3.63) is 81.7 Å². The standard InChI is InChI=1S/C23H22N6O5/c1-15-19(14-24-28(15)18-7-4-3-5-8-18)23(32)27-12-6-11-26(27)22(31)17-9-10-20(25-16(2)30)21(13-17)29(33)34/h3-5,7-10,13-14H,6,11-12H2,1-2H3,(H,25,30). The van der Waals surface area contributed by atoms with Crippen LogP contribution in [0.1, 0.15) is 39.8 Å². The lowest BCUT2D eigenvalue weighted by atomic mass is 10.1. The zero-order valence-electron chi connectivity index (χ0n) is 18.6. The number of anilines is 1. The average molecular weight is 462 g/mol. The highest BCUT2D eigenvalue weighted by atomic mass is 16.6. The van der Waals surface area contributed by atoms with Crippen molar-refractivity contribution < 1.29 is 19.3 Å². The van der Waals surface area contributed by atoms with Gasteiger partial charge in [-0.15, -0.1) is 0 Å². The molecule has 3 aromatic rings. The zero-order valence-corrected chi connectivity index (χ0v) is 18.6. The first-order valence-corrected chi connectivity index (χ1v) is 10.6. The molecule has 0 saturated carbocycles. The first-order valence-electron chi connectivity index (χ1n) is 10.6. The first kappa shape index (κ1) is 22.6. The number of nitrogens with zero attached hydrogens (tertiary/aromatic N) is 5. The molecule has 0 spiro atoms. The van der Waals surface area contributed by atoms with Crippen LogP contribution in [0.5, 0.6) is 0 Å². The van der Waals surface area contributed by atoms with Crippen molar-refractivity contribution >= 4 is 29.1 Å². The fourth-order valence-electron chi connectivity index (χ4n) is 3.88. The van der Waals surface area contributed by atoms with Crippen LogP contribution < -0.4 is 5.32 Å². The van der Waals surface area contributed by atoms with E-state index in [0.717, 1.165) is 11.8 Å². The summed E-state index contributed by atoms with van der Waals surface area (Å²) in [6.45, 7) is 3.63. The second kappa shape index (κ2) is 9.14. The average Bonchev–Trinajstić information content (AvgIpc) is 3.45. The van der Waals surface area contributed by atoms with Crippen molar-refractivity contribution in [3.8, 4) is 5.69 Å². The smallest absolute Gasteiger partial charge is 0.293 e. The van der Waals surface area contributed by atoms with Crippen LogP contribution >= 0.6 is 0 Å². The van der Waals surface area contributed by atoms with Crippen LogP contribution in [0.3, 0.4) is 0 Å². The molecule has 0 radical (unpaired) electrons. The van der Waals surface area contributed by atoms with E-state index in [4.69, 9.17) is 0 Å².